The van der Waals surface area contributed by atoms with Crippen LogP contribution < -0.4 is 16.0 Å². The largest absolute Gasteiger partial charge is 0.374 e. The average Bonchev–Trinajstić information content (AvgIpc) is 2.64. The van der Waals surface area contributed by atoms with E-state index in [9.17, 15) is 22.8 Å². The quantitative estimate of drug-likeness (QED) is 0.675. The Balaban J connectivity index is 1.90. The Morgan fingerprint density at radius 1 is 1.00 bits per heavy atom. The lowest BCUT2D eigenvalue weighted by Crippen LogP contribution is -2.41. The molecule has 5 nitrogen and oxygen atoms in total. The minimum atomic E-state index is -1.68. The van der Waals surface area contributed by atoms with Gasteiger partial charge in [-0.15, -0.1) is 0 Å². The highest BCUT2D eigenvalue weighted by Gasteiger charge is 2.17. The van der Waals surface area contributed by atoms with Gasteiger partial charge in [-0.3, -0.25) is 9.59 Å². The van der Waals surface area contributed by atoms with E-state index in [1.54, 1.807) is 6.92 Å². The maximum Gasteiger partial charge on any atom is 0.243 e. The number of anilines is 2. The summed E-state index contributed by atoms with van der Waals surface area (Å²) < 4.78 is 39.6. The monoisotopic (exact) mass is 379 g/mol. The fourth-order valence-corrected chi connectivity index (χ4v) is 2.34. The van der Waals surface area contributed by atoms with Gasteiger partial charge in [-0.25, -0.2) is 13.2 Å². The van der Waals surface area contributed by atoms with E-state index in [1.165, 1.54) is 0 Å². The zero-order chi connectivity index (χ0) is 20.1. The second-order valence-electron chi connectivity index (χ2n) is 6.10. The molecule has 1 unspecified atom stereocenters. The summed E-state index contributed by atoms with van der Waals surface area (Å²) in [4.78, 5) is 23.9. The van der Waals surface area contributed by atoms with Crippen LogP contribution in [0.3, 0.4) is 0 Å². The molecule has 2 aromatic rings. The molecule has 0 heterocycles. The predicted octanol–water partition coefficient (Wildman–Crippen LogP) is 3.28. The number of rotatable bonds is 6. The molecule has 0 radical (unpaired) electrons. The van der Waals surface area contributed by atoms with Crippen molar-refractivity contribution in [3.63, 3.8) is 0 Å². The number of amides is 2. The minimum Gasteiger partial charge on any atom is -0.374 e. The fraction of sp³-hybridized carbons (Fsp3) is 0.263. The lowest BCUT2D eigenvalue weighted by molar-refractivity contribution is -0.124. The van der Waals surface area contributed by atoms with E-state index >= 15 is 0 Å². The molecule has 0 spiro atoms. The van der Waals surface area contributed by atoms with Crippen molar-refractivity contribution in [2.45, 2.75) is 26.8 Å². The van der Waals surface area contributed by atoms with Crippen molar-refractivity contribution in [2.75, 3.05) is 17.2 Å². The van der Waals surface area contributed by atoms with Gasteiger partial charge in [-0.1, -0.05) is 12.1 Å². The summed E-state index contributed by atoms with van der Waals surface area (Å²) in [5, 5.41) is 7.53. The topological polar surface area (TPSA) is 70.2 Å². The van der Waals surface area contributed by atoms with Crippen molar-refractivity contribution >= 4 is 23.2 Å². The van der Waals surface area contributed by atoms with Gasteiger partial charge in [0.2, 0.25) is 11.8 Å². The highest BCUT2D eigenvalue weighted by atomic mass is 19.2. The van der Waals surface area contributed by atoms with Crippen LogP contribution in [0.15, 0.2) is 30.3 Å². The molecular formula is C19H20F3N3O2. The van der Waals surface area contributed by atoms with Gasteiger partial charge >= 0.3 is 0 Å². The summed E-state index contributed by atoms with van der Waals surface area (Å²) in [5.41, 5.74) is 2.37. The summed E-state index contributed by atoms with van der Waals surface area (Å²) in [5.74, 6) is -5.75. The van der Waals surface area contributed by atoms with Gasteiger partial charge in [0.1, 0.15) is 6.04 Å². The normalized spacial score (nSPS) is 11.6. The molecule has 0 aromatic heterocycles. The summed E-state index contributed by atoms with van der Waals surface area (Å²) in [6, 6.07) is 6.62. The summed E-state index contributed by atoms with van der Waals surface area (Å²) in [7, 11) is 0. The molecule has 2 rings (SSSR count). The highest BCUT2D eigenvalue weighted by Crippen LogP contribution is 2.20. The molecule has 2 aromatic carbocycles. The number of benzene rings is 2. The third-order valence-electron chi connectivity index (χ3n) is 4.10. The molecule has 3 N–H and O–H groups in total. The van der Waals surface area contributed by atoms with Gasteiger partial charge in [0, 0.05) is 5.69 Å². The van der Waals surface area contributed by atoms with Crippen LogP contribution >= 0.6 is 0 Å². The first-order valence-corrected chi connectivity index (χ1v) is 8.24. The van der Waals surface area contributed by atoms with E-state index in [1.807, 2.05) is 32.0 Å². The first kappa shape index (κ1) is 20.3. The van der Waals surface area contributed by atoms with Crippen LogP contribution in [0.2, 0.25) is 0 Å². The molecule has 0 saturated heterocycles. The lowest BCUT2D eigenvalue weighted by atomic mass is 10.1. The number of hydrogen-bond acceptors (Lipinski definition) is 3. The Morgan fingerprint density at radius 3 is 2.41 bits per heavy atom. The first-order valence-electron chi connectivity index (χ1n) is 8.24. The molecule has 8 heteroatoms. The molecule has 2 amide bonds. The molecule has 0 aliphatic heterocycles. The number of hydrogen-bond donors (Lipinski definition) is 3. The molecule has 144 valence electrons. The molecule has 1 atom stereocenters. The van der Waals surface area contributed by atoms with Crippen LogP contribution in [0.25, 0.3) is 0 Å². The zero-order valence-electron chi connectivity index (χ0n) is 15.1. The lowest BCUT2D eigenvalue weighted by Gasteiger charge is -2.17. The van der Waals surface area contributed by atoms with Crippen LogP contribution in [0, 0.1) is 31.3 Å². The Morgan fingerprint density at radius 2 is 1.70 bits per heavy atom. The molecule has 0 aliphatic carbocycles. The van der Waals surface area contributed by atoms with Crippen molar-refractivity contribution in [2.24, 2.45) is 0 Å². The maximum atomic E-state index is 13.5. The summed E-state index contributed by atoms with van der Waals surface area (Å²) in [6.07, 6.45) is 0. The predicted molar refractivity (Wildman–Crippen MR) is 97.0 cm³/mol. The van der Waals surface area contributed by atoms with Gasteiger partial charge in [0.05, 0.1) is 12.2 Å². The van der Waals surface area contributed by atoms with Crippen LogP contribution in [0.5, 0.6) is 0 Å². The van der Waals surface area contributed by atoms with E-state index in [2.05, 4.69) is 16.0 Å². The second kappa shape index (κ2) is 8.57. The number of aryl methyl sites for hydroxylation is 1. The van der Waals surface area contributed by atoms with Crippen LogP contribution in [-0.2, 0) is 9.59 Å². The molecule has 0 saturated carbocycles. The second-order valence-corrected chi connectivity index (χ2v) is 6.10. The SMILES string of the molecule is Cc1cccc(NC(C)C(=O)NCC(=O)Nc2ccc(F)c(F)c2F)c1C. The van der Waals surface area contributed by atoms with Gasteiger partial charge in [0.25, 0.3) is 0 Å². The van der Waals surface area contributed by atoms with E-state index in [0.717, 1.165) is 22.9 Å². The van der Waals surface area contributed by atoms with Crippen LogP contribution in [0.4, 0.5) is 24.5 Å². The van der Waals surface area contributed by atoms with E-state index in [4.69, 9.17) is 0 Å². The third kappa shape index (κ3) is 4.99. The highest BCUT2D eigenvalue weighted by molar-refractivity contribution is 5.95. The van der Waals surface area contributed by atoms with Crippen molar-refractivity contribution in [1.82, 2.24) is 5.32 Å². The van der Waals surface area contributed by atoms with Crippen molar-refractivity contribution < 1.29 is 22.8 Å². The first-order chi connectivity index (χ1) is 12.7. The van der Waals surface area contributed by atoms with Crippen molar-refractivity contribution in [1.29, 1.82) is 0 Å². The standard InChI is InChI=1S/C19H20F3N3O2/c1-10-5-4-6-14(11(10)2)24-12(3)19(27)23-9-16(26)25-15-8-7-13(20)17(21)18(15)22/h4-8,12,24H,9H2,1-3H3,(H,23,27)(H,25,26). The summed E-state index contributed by atoms with van der Waals surface area (Å²) >= 11 is 0. The molecule has 0 fully saturated rings. The van der Waals surface area contributed by atoms with Crippen molar-refractivity contribution in [3.8, 4) is 0 Å². The van der Waals surface area contributed by atoms with Crippen molar-refractivity contribution in [3.05, 3.63) is 58.9 Å². The van der Waals surface area contributed by atoms with E-state index in [-0.39, 0.29) is 0 Å². The number of carbonyl (C=O) groups is 2. The maximum absolute atomic E-state index is 13.5. The van der Waals surface area contributed by atoms with Crippen LogP contribution in [-0.4, -0.2) is 24.4 Å². The van der Waals surface area contributed by atoms with Gasteiger partial charge in [0.15, 0.2) is 17.5 Å². The minimum absolute atomic E-state index is 0.447. The molecule has 27 heavy (non-hydrogen) atoms. The third-order valence-corrected chi connectivity index (χ3v) is 4.10. The van der Waals surface area contributed by atoms with E-state index < -0.39 is 47.5 Å². The van der Waals surface area contributed by atoms with Gasteiger partial charge in [-0.2, -0.15) is 0 Å². The smallest absolute Gasteiger partial charge is 0.243 e. The van der Waals surface area contributed by atoms with E-state index in [0.29, 0.717) is 6.07 Å². The zero-order valence-corrected chi connectivity index (χ0v) is 15.1. The Hall–Kier alpha value is -3.03. The Bertz CT molecular complexity index is 872. The average molecular weight is 379 g/mol. The number of nitrogens with one attached hydrogen (secondary N) is 3. The number of halogens is 3. The van der Waals surface area contributed by atoms with Gasteiger partial charge < -0.3 is 16.0 Å². The summed E-state index contributed by atoms with van der Waals surface area (Å²) in [6.45, 7) is 5.05. The molecule has 0 aliphatic rings. The Kier molecular flexibility index (Phi) is 6.44. The number of carbonyl (C=O) groups excluding carboxylic acids is 2. The molecular weight excluding hydrogens is 359 g/mol. The molecule has 0 bridgehead atoms. The Labute approximate surface area is 155 Å². The fourth-order valence-electron chi connectivity index (χ4n) is 2.34. The van der Waals surface area contributed by atoms with Gasteiger partial charge in [-0.05, 0) is 50.1 Å². The van der Waals surface area contributed by atoms with Crippen LogP contribution in [0.1, 0.15) is 18.1 Å².